The zero-order valence-corrected chi connectivity index (χ0v) is 41.2. The summed E-state index contributed by atoms with van der Waals surface area (Å²) in [6.45, 7) is 19.8. The topological polar surface area (TPSA) is 234 Å². The Morgan fingerprint density at radius 2 is 0.882 bits per heavy atom. The molecule has 1 aliphatic carbocycles. The molecule has 18 nitrogen and oxygen atoms in total. The standard InChI is InChI=1S/C16H23N3O4.C16H25N3O2.C11H21NO2.C6H4FNO2/c1-16(2,3)23-15(20)17-12-8-10-18(11-9-12)13-6-4-5-7-14(13)19(21)22;1-16(2,3)21-15(20)18-12-8-10-19(11-9-12)14-7-5-4-6-13(14)17;1-11(2,3)14-10(13)12-9-7-5-4-6-8-9;7-5-3-1-2-4-6(5)8(9)10/h4-7,12H,8-11H2,1-3H3,(H,17,20);4-7,12H,8-11,17H2,1-3H3,(H,18,20);9H,4-8H2,1-3H3,(H,12,13);1-4H. The van der Waals surface area contributed by atoms with Crippen molar-refractivity contribution in [3.8, 4) is 0 Å². The number of nitrogen functional groups attached to an aromatic ring is 1. The predicted molar refractivity (Wildman–Crippen MR) is 262 cm³/mol. The number of ether oxygens (including phenoxy) is 3. The van der Waals surface area contributed by atoms with E-state index in [4.69, 9.17) is 19.9 Å². The molecule has 68 heavy (non-hydrogen) atoms. The molecule has 2 heterocycles. The normalized spacial score (nSPS) is 15.9. The number of benzene rings is 3. The zero-order chi connectivity index (χ0) is 50.7. The van der Waals surface area contributed by atoms with Crippen molar-refractivity contribution in [2.75, 3.05) is 41.7 Å². The maximum atomic E-state index is 12.4. The Bertz CT molecular complexity index is 2080. The monoisotopic (exact) mass is 953 g/mol. The summed E-state index contributed by atoms with van der Waals surface area (Å²) < 4.78 is 28.1. The van der Waals surface area contributed by atoms with Crippen molar-refractivity contribution in [3.63, 3.8) is 0 Å². The Kier molecular flexibility index (Phi) is 21.6. The van der Waals surface area contributed by atoms with Crippen molar-refractivity contribution < 1.29 is 42.8 Å². The Labute approximate surface area is 400 Å². The number of nitro benzene ring substituents is 2. The molecule has 1 saturated carbocycles. The van der Waals surface area contributed by atoms with Crippen LogP contribution in [0.2, 0.25) is 0 Å². The van der Waals surface area contributed by atoms with E-state index in [1.165, 1.54) is 37.5 Å². The quantitative estimate of drug-likeness (QED) is 0.0748. The van der Waals surface area contributed by atoms with Gasteiger partial charge in [0.15, 0.2) is 0 Å². The first-order chi connectivity index (χ1) is 31.8. The van der Waals surface area contributed by atoms with Crippen LogP contribution in [0.3, 0.4) is 0 Å². The van der Waals surface area contributed by atoms with Gasteiger partial charge in [-0.3, -0.25) is 20.2 Å². The fourth-order valence-corrected chi connectivity index (χ4v) is 7.46. The minimum atomic E-state index is -0.799. The molecule has 5 N–H and O–H groups in total. The van der Waals surface area contributed by atoms with Gasteiger partial charge in [-0.15, -0.1) is 0 Å². The van der Waals surface area contributed by atoms with Crippen molar-refractivity contribution in [2.24, 2.45) is 0 Å². The summed E-state index contributed by atoms with van der Waals surface area (Å²) in [5.41, 5.74) is 6.79. The van der Waals surface area contributed by atoms with Crippen molar-refractivity contribution in [1.82, 2.24) is 16.0 Å². The van der Waals surface area contributed by atoms with Crippen LogP contribution in [0.25, 0.3) is 0 Å². The molecular formula is C49H73FN8O10. The summed E-state index contributed by atoms with van der Waals surface area (Å²) in [4.78, 5) is 59.2. The molecule has 2 aliphatic heterocycles. The van der Waals surface area contributed by atoms with Gasteiger partial charge in [0.2, 0.25) is 5.82 Å². The number of nitrogens with two attached hydrogens (primary N) is 1. The highest BCUT2D eigenvalue weighted by atomic mass is 19.1. The van der Waals surface area contributed by atoms with E-state index >= 15 is 0 Å². The molecule has 3 aliphatic rings. The van der Waals surface area contributed by atoms with Crippen LogP contribution < -0.4 is 31.5 Å². The molecule has 0 bridgehead atoms. The van der Waals surface area contributed by atoms with Crippen LogP contribution in [-0.2, 0) is 14.2 Å². The highest BCUT2D eigenvalue weighted by Crippen LogP contribution is 2.30. The lowest BCUT2D eigenvalue weighted by Gasteiger charge is -2.34. The number of nitrogens with zero attached hydrogens (tertiary/aromatic N) is 4. The molecule has 0 unspecified atom stereocenters. The minimum Gasteiger partial charge on any atom is -0.444 e. The van der Waals surface area contributed by atoms with Gasteiger partial charge in [0.05, 0.1) is 21.2 Å². The number of nitrogens with one attached hydrogen (secondary N) is 3. The van der Waals surface area contributed by atoms with Crippen LogP contribution in [0.5, 0.6) is 0 Å². The van der Waals surface area contributed by atoms with Crippen LogP contribution in [0.1, 0.15) is 120 Å². The van der Waals surface area contributed by atoms with E-state index in [0.29, 0.717) is 24.8 Å². The second-order valence-corrected chi connectivity index (χ2v) is 19.8. The van der Waals surface area contributed by atoms with Crippen LogP contribution in [0, 0.1) is 26.0 Å². The van der Waals surface area contributed by atoms with Gasteiger partial charge in [0, 0.05) is 56.4 Å². The highest BCUT2D eigenvalue weighted by molar-refractivity contribution is 5.70. The van der Waals surface area contributed by atoms with E-state index in [1.54, 1.807) is 18.2 Å². The van der Waals surface area contributed by atoms with Crippen molar-refractivity contribution >= 4 is 46.7 Å². The van der Waals surface area contributed by atoms with E-state index in [0.717, 1.165) is 75.1 Å². The first-order valence-corrected chi connectivity index (χ1v) is 23.3. The van der Waals surface area contributed by atoms with E-state index in [9.17, 15) is 39.0 Å². The molecule has 0 aromatic heterocycles. The number of hydrogen-bond acceptors (Lipinski definition) is 13. The van der Waals surface area contributed by atoms with E-state index in [1.807, 2.05) is 91.5 Å². The molecule has 6 rings (SSSR count). The van der Waals surface area contributed by atoms with E-state index in [2.05, 4.69) is 20.9 Å². The Hall–Kier alpha value is -6.40. The van der Waals surface area contributed by atoms with Gasteiger partial charge >= 0.3 is 24.0 Å². The Morgan fingerprint density at radius 3 is 1.25 bits per heavy atom. The van der Waals surface area contributed by atoms with Gasteiger partial charge < -0.3 is 45.7 Å². The van der Waals surface area contributed by atoms with Gasteiger partial charge in [-0.05, 0) is 125 Å². The first-order valence-electron chi connectivity index (χ1n) is 23.3. The molecule has 3 fully saturated rings. The second-order valence-electron chi connectivity index (χ2n) is 19.8. The number of amides is 3. The van der Waals surface area contributed by atoms with Gasteiger partial charge in [0.25, 0.3) is 5.69 Å². The largest absolute Gasteiger partial charge is 0.444 e. The van der Waals surface area contributed by atoms with Crippen LogP contribution >= 0.6 is 0 Å². The molecule has 0 radical (unpaired) electrons. The summed E-state index contributed by atoms with van der Waals surface area (Å²) in [5, 5.41) is 29.8. The molecule has 3 amide bonds. The maximum absolute atomic E-state index is 12.4. The number of hydrogen-bond donors (Lipinski definition) is 4. The average Bonchev–Trinajstić information content (AvgIpc) is 3.23. The molecule has 0 atom stereocenters. The van der Waals surface area contributed by atoms with E-state index in [-0.39, 0.29) is 34.9 Å². The lowest BCUT2D eigenvalue weighted by atomic mass is 9.96. The number of anilines is 3. The van der Waals surface area contributed by atoms with Gasteiger partial charge in [-0.2, -0.15) is 4.39 Å². The van der Waals surface area contributed by atoms with Gasteiger partial charge in [0.1, 0.15) is 22.5 Å². The van der Waals surface area contributed by atoms with E-state index < -0.39 is 39.3 Å². The third-order valence-electron chi connectivity index (χ3n) is 10.5. The molecular weight excluding hydrogens is 880 g/mol. The number of rotatable bonds is 7. The number of carbonyl (C=O) groups excluding carboxylic acids is 3. The minimum absolute atomic E-state index is 0.0314. The summed E-state index contributed by atoms with van der Waals surface area (Å²) in [5.74, 6) is -0.799. The predicted octanol–water partition coefficient (Wildman–Crippen LogP) is 10.4. The van der Waals surface area contributed by atoms with Crippen molar-refractivity contribution in [3.05, 3.63) is 98.8 Å². The van der Waals surface area contributed by atoms with Crippen LogP contribution in [0.4, 0.5) is 47.2 Å². The van der Waals surface area contributed by atoms with Crippen molar-refractivity contribution in [2.45, 2.75) is 155 Å². The number of piperidine rings is 2. The van der Waals surface area contributed by atoms with Crippen molar-refractivity contribution in [1.29, 1.82) is 0 Å². The molecule has 3 aromatic carbocycles. The van der Waals surface area contributed by atoms with Crippen LogP contribution in [0.15, 0.2) is 72.8 Å². The van der Waals surface area contributed by atoms with Crippen LogP contribution in [-0.4, -0.2) is 89.2 Å². The fourth-order valence-electron chi connectivity index (χ4n) is 7.46. The smallest absolute Gasteiger partial charge is 0.407 e. The maximum Gasteiger partial charge on any atom is 0.407 e. The Morgan fingerprint density at radius 1 is 0.544 bits per heavy atom. The third kappa shape index (κ3) is 21.5. The molecule has 0 spiro atoms. The lowest BCUT2D eigenvalue weighted by molar-refractivity contribution is -0.387. The summed E-state index contributed by atoms with van der Waals surface area (Å²) in [6, 6.07) is 20.2. The number of para-hydroxylation sites is 5. The second kappa shape index (κ2) is 26.2. The number of alkyl carbamates (subject to hydrolysis) is 3. The summed E-state index contributed by atoms with van der Waals surface area (Å²) in [7, 11) is 0. The first kappa shape index (κ1) is 55.9. The Balaban J connectivity index is 0.000000251. The number of nitro groups is 2. The molecule has 3 aromatic rings. The molecule has 376 valence electrons. The van der Waals surface area contributed by atoms with Gasteiger partial charge in [-0.25, -0.2) is 14.4 Å². The van der Waals surface area contributed by atoms with Gasteiger partial charge in [-0.1, -0.05) is 55.7 Å². The third-order valence-corrected chi connectivity index (χ3v) is 10.5. The number of halogens is 1. The summed E-state index contributed by atoms with van der Waals surface area (Å²) in [6.07, 6.45) is 8.16. The SMILES string of the molecule is CC(C)(C)OC(=O)NC1CCCCC1.CC(C)(C)OC(=O)NC1CCN(c2ccccc2N)CC1.CC(C)(C)OC(=O)NC1CCN(c2ccccc2[N+](=O)[O-])CC1.O=[N+]([O-])c1ccccc1F. The highest BCUT2D eigenvalue weighted by Gasteiger charge is 2.28. The zero-order valence-electron chi connectivity index (χ0n) is 41.2. The molecule has 19 heteroatoms. The average molecular weight is 953 g/mol. The number of carbonyl (C=O) groups is 3. The molecule has 2 saturated heterocycles. The lowest BCUT2D eigenvalue weighted by Crippen LogP contribution is -2.46. The summed E-state index contributed by atoms with van der Waals surface area (Å²) >= 11 is 0. The fraction of sp³-hybridized carbons (Fsp3) is 0.571.